The van der Waals surface area contributed by atoms with Crippen molar-refractivity contribution in [1.29, 1.82) is 0 Å². The monoisotopic (exact) mass is 412 g/mol. The zero-order valence-electron chi connectivity index (χ0n) is 15.9. The SMILES string of the molecule is O=C(C[NH+]1CCN(c2ncccn2)CC1)N[C@H](c1ccc(F)cc1)c1cccs1. The van der Waals surface area contributed by atoms with Crippen LogP contribution in [0.2, 0.25) is 0 Å². The maximum Gasteiger partial charge on any atom is 0.275 e. The molecule has 3 aromatic rings. The van der Waals surface area contributed by atoms with Crippen molar-refractivity contribution in [3.05, 3.63) is 76.5 Å². The van der Waals surface area contributed by atoms with E-state index < -0.39 is 0 Å². The minimum absolute atomic E-state index is 0.00728. The summed E-state index contributed by atoms with van der Waals surface area (Å²) in [6.07, 6.45) is 3.49. The fourth-order valence-electron chi connectivity index (χ4n) is 3.52. The molecule has 2 aromatic heterocycles. The summed E-state index contributed by atoms with van der Waals surface area (Å²) in [4.78, 5) is 25.8. The summed E-state index contributed by atoms with van der Waals surface area (Å²) >= 11 is 1.58. The van der Waals surface area contributed by atoms with E-state index >= 15 is 0 Å². The number of halogens is 1. The molecule has 1 aromatic carbocycles. The van der Waals surface area contributed by atoms with Crippen LogP contribution in [0.25, 0.3) is 0 Å². The summed E-state index contributed by atoms with van der Waals surface area (Å²) in [6.45, 7) is 3.75. The van der Waals surface area contributed by atoms with Gasteiger partial charge in [-0.15, -0.1) is 11.3 Å². The number of rotatable bonds is 6. The lowest BCUT2D eigenvalue weighted by Gasteiger charge is -2.32. The van der Waals surface area contributed by atoms with Crippen molar-refractivity contribution in [1.82, 2.24) is 15.3 Å². The van der Waals surface area contributed by atoms with Gasteiger partial charge in [-0.05, 0) is 35.2 Å². The summed E-state index contributed by atoms with van der Waals surface area (Å²) in [6, 6.07) is 11.8. The molecule has 8 heteroatoms. The van der Waals surface area contributed by atoms with E-state index in [2.05, 4.69) is 20.2 Å². The Bertz CT molecular complexity index is 912. The van der Waals surface area contributed by atoms with E-state index in [1.807, 2.05) is 17.5 Å². The first kappa shape index (κ1) is 19.5. The molecule has 1 atom stereocenters. The molecule has 1 saturated heterocycles. The highest BCUT2D eigenvalue weighted by Crippen LogP contribution is 2.26. The average Bonchev–Trinajstić information content (AvgIpc) is 3.29. The van der Waals surface area contributed by atoms with Crippen molar-refractivity contribution in [3.63, 3.8) is 0 Å². The van der Waals surface area contributed by atoms with Crippen LogP contribution >= 0.6 is 11.3 Å². The number of carbonyl (C=O) groups is 1. The van der Waals surface area contributed by atoms with Gasteiger partial charge in [-0.2, -0.15) is 0 Å². The third-order valence-electron chi connectivity index (χ3n) is 5.05. The largest absolute Gasteiger partial charge is 0.339 e. The van der Waals surface area contributed by atoms with Crippen molar-refractivity contribution < 1.29 is 14.1 Å². The number of nitrogens with one attached hydrogen (secondary N) is 2. The number of nitrogens with zero attached hydrogens (tertiary/aromatic N) is 3. The number of thiophene rings is 1. The summed E-state index contributed by atoms with van der Waals surface area (Å²) in [5.41, 5.74) is 0.878. The van der Waals surface area contributed by atoms with Crippen LogP contribution in [-0.4, -0.2) is 48.6 Å². The Morgan fingerprint density at radius 2 is 1.86 bits per heavy atom. The fourth-order valence-corrected chi connectivity index (χ4v) is 4.33. The Balaban J connectivity index is 1.36. The molecule has 150 valence electrons. The molecular weight excluding hydrogens is 389 g/mol. The van der Waals surface area contributed by atoms with Gasteiger partial charge in [0, 0.05) is 17.3 Å². The molecule has 0 saturated carbocycles. The molecule has 2 N–H and O–H groups in total. The van der Waals surface area contributed by atoms with E-state index in [1.54, 1.807) is 41.9 Å². The molecule has 0 aliphatic carbocycles. The van der Waals surface area contributed by atoms with Crippen LogP contribution in [0.4, 0.5) is 10.3 Å². The normalized spacial score (nSPS) is 15.8. The average molecular weight is 413 g/mol. The van der Waals surface area contributed by atoms with Gasteiger partial charge in [-0.3, -0.25) is 4.79 Å². The maximum absolute atomic E-state index is 13.3. The quantitative estimate of drug-likeness (QED) is 0.641. The second-order valence-corrected chi connectivity index (χ2v) is 8.01. The third kappa shape index (κ3) is 4.96. The second-order valence-electron chi connectivity index (χ2n) is 7.03. The van der Waals surface area contributed by atoms with Gasteiger partial charge in [0.2, 0.25) is 5.95 Å². The molecule has 1 aliphatic heterocycles. The van der Waals surface area contributed by atoms with Gasteiger partial charge < -0.3 is 15.1 Å². The van der Waals surface area contributed by atoms with Gasteiger partial charge in [-0.1, -0.05) is 18.2 Å². The van der Waals surface area contributed by atoms with Gasteiger partial charge in [0.15, 0.2) is 6.54 Å². The molecule has 0 spiro atoms. The highest BCUT2D eigenvalue weighted by molar-refractivity contribution is 7.10. The molecule has 6 nitrogen and oxygen atoms in total. The van der Waals surface area contributed by atoms with Gasteiger partial charge in [-0.25, -0.2) is 14.4 Å². The molecular formula is C21H23FN5OS+. The Morgan fingerprint density at radius 1 is 1.14 bits per heavy atom. The number of hydrogen-bond donors (Lipinski definition) is 2. The summed E-state index contributed by atoms with van der Waals surface area (Å²) in [5, 5.41) is 5.12. The van der Waals surface area contributed by atoms with Crippen LogP contribution in [0, 0.1) is 5.82 Å². The lowest BCUT2D eigenvalue weighted by atomic mass is 10.1. The maximum atomic E-state index is 13.3. The van der Waals surface area contributed by atoms with Crippen LogP contribution in [0.15, 0.2) is 60.2 Å². The second kappa shape index (κ2) is 9.11. The van der Waals surface area contributed by atoms with Gasteiger partial charge >= 0.3 is 0 Å². The number of piperazine rings is 1. The third-order valence-corrected chi connectivity index (χ3v) is 5.99. The number of hydrogen-bond acceptors (Lipinski definition) is 5. The lowest BCUT2D eigenvalue weighted by Crippen LogP contribution is -3.16. The lowest BCUT2D eigenvalue weighted by molar-refractivity contribution is -0.892. The van der Waals surface area contributed by atoms with E-state index in [0.717, 1.165) is 42.6 Å². The number of anilines is 1. The molecule has 1 fully saturated rings. The molecule has 0 unspecified atom stereocenters. The number of carbonyl (C=O) groups excluding carboxylic acids is 1. The first-order valence-corrected chi connectivity index (χ1v) is 10.5. The number of aromatic nitrogens is 2. The predicted molar refractivity (Wildman–Crippen MR) is 111 cm³/mol. The molecule has 0 radical (unpaired) electrons. The fraction of sp³-hybridized carbons (Fsp3) is 0.286. The minimum atomic E-state index is -0.283. The first-order chi connectivity index (χ1) is 14.2. The molecule has 4 rings (SSSR count). The highest BCUT2D eigenvalue weighted by atomic mass is 32.1. The Morgan fingerprint density at radius 3 is 2.52 bits per heavy atom. The van der Waals surface area contributed by atoms with Gasteiger partial charge in [0.1, 0.15) is 5.82 Å². The van der Waals surface area contributed by atoms with E-state index in [0.29, 0.717) is 6.54 Å². The molecule has 29 heavy (non-hydrogen) atoms. The number of benzene rings is 1. The Hall–Kier alpha value is -2.84. The molecule has 0 bridgehead atoms. The number of amides is 1. The smallest absolute Gasteiger partial charge is 0.275 e. The van der Waals surface area contributed by atoms with E-state index in [9.17, 15) is 9.18 Å². The summed E-state index contributed by atoms with van der Waals surface area (Å²) < 4.78 is 13.3. The molecule has 1 aliphatic rings. The van der Waals surface area contributed by atoms with Crippen LogP contribution in [0.1, 0.15) is 16.5 Å². The summed E-state index contributed by atoms with van der Waals surface area (Å²) in [7, 11) is 0. The van der Waals surface area contributed by atoms with Gasteiger partial charge in [0.05, 0.1) is 32.2 Å². The summed E-state index contributed by atoms with van der Waals surface area (Å²) in [5.74, 6) is 0.451. The van der Waals surface area contributed by atoms with Crippen LogP contribution in [0.3, 0.4) is 0 Å². The van der Waals surface area contributed by atoms with Crippen molar-refractivity contribution in [3.8, 4) is 0 Å². The number of quaternary nitrogens is 1. The molecule has 1 amide bonds. The molecule has 3 heterocycles. The van der Waals surface area contributed by atoms with Crippen molar-refractivity contribution in [2.75, 3.05) is 37.6 Å². The van der Waals surface area contributed by atoms with Crippen LogP contribution in [0.5, 0.6) is 0 Å². The van der Waals surface area contributed by atoms with Crippen LogP contribution < -0.4 is 15.1 Å². The van der Waals surface area contributed by atoms with E-state index in [-0.39, 0.29) is 17.8 Å². The standard InChI is InChI=1S/C21H22FN5OS/c22-17-6-4-16(5-7-17)20(18-3-1-14-29-18)25-19(28)15-26-10-12-27(13-11-26)21-23-8-2-9-24-21/h1-9,14,20H,10-13,15H2,(H,25,28)/p+1/t20-/m1/s1. The zero-order chi connectivity index (χ0) is 20.1. The minimum Gasteiger partial charge on any atom is -0.339 e. The van der Waals surface area contributed by atoms with Gasteiger partial charge in [0.25, 0.3) is 5.91 Å². The zero-order valence-corrected chi connectivity index (χ0v) is 16.7. The van der Waals surface area contributed by atoms with Crippen molar-refractivity contribution in [2.24, 2.45) is 0 Å². The van der Waals surface area contributed by atoms with Crippen LogP contribution in [-0.2, 0) is 4.79 Å². The van der Waals surface area contributed by atoms with E-state index in [1.165, 1.54) is 17.0 Å². The predicted octanol–water partition coefficient (Wildman–Crippen LogP) is 1.29. The van der Waals surface area contributed by atoms with Crippen molar-refractivity contribution >= 4 is 23.2 Å². The topological polar surface area (TPSA) is 62.6 Å². The van der Waals surface area contributed by atoms with E-state index in [4.69, 9.17) is 0 Å². The first-order valence-electron chi connectivity index (χ1n) is 9.63. The Labute approximate surface area is 173 Å². The highest BCUT2D eigenvalue weighted by Gasteiger charge is 2.25. The Kier molecular flexibility index (Phi) is 6.12. The van der Waals surface area contributed by atoms with Crippen molar-refractivity contribution in [2.45, 2.75) is 6.04 Å².